The van der Waals surface area contributed by atoms with E-state index >= 15 is 0 Å². The smallest absolute Gasteiger partial charge is 0.323 e. The molecule has 2 aromatic carbocycles. The van der Waals surface area contributed by atoms with Crippen LogP contribution < -0.4 is 16.2 Å². The third-order valence-corrected chi connectivity index (χ3v) is 2.72. The molecule has 6 nitrogen and oxygen atoms in total. The number of hydrazine groups is 1. The van der Waals surface area contributed by atoms with E-state index in [1.807, 2.05) is 42.5 Å². The van der Waals surface area contributed by atoms with Gasteiger partial charge in [-0.25, -0.2) is 15.2 Å². The molecule has 2 amide bonds. The van der Waals surface area contributed by atoms with Gasteiger partial charge in [-0.2, -0.15) is 0 Å². The molecule has 0 aliphatic carbocycles. The zero-order valence-corrected chi connectivity index (χ0v) is 10.6. The van der Waals surface area contributed by atoms with Gasteiger partial charge in [0.05, 0.1) is 11.0 Å². The number of hydrogen-bond acceptors (Lipinski definition) is 3. The largest absolute Gasteiger partial charge is 0.337 e. The molecule has 1 heterocycles. The van der Waals surface area contributed by atoms with E-state index in [1.165, 1.54) is 0 Å². The van der Waals surface area contributed by atoms with Crippen molar-refractivity contribution >= 4 is 28.7 Å². The maximum Gasteiger partial charge on any atom is 0.337 e. The number of carbonyl (C=O) groups is 1. The first-order valence-electron chi connectivity index (χ1n) is 6.14. The molecular weight excluding hydrogens is 254 g/mol. The van der Waals surface area contributed by atoms with Gasteiger partial charge in [-0.1, -0.05) is 30.3 Å². The van der Waals surface area contributed by atoms with Gasteiger partial charge in [0.25, 0.3) is 0 Å². The Bertz CT molecular complexity index is 690. The van der Waals surface area contributed by atoms with Gasteiger partial charge in [0.15, 0.2) is 0 Å². The first kappa shape index (κ1) is 12.0. The van der Waals surface area contributed by atoms with E-state index in [9.17, 15) is 4.79 Å². The van der Waals surface area contributed by atoms with Crippen LogP contribution in [-0.2, 0) is 0 Å². The number of amides is 2. The van der Waals surface area contributed by atoms with Crippen LogP contribution in [0.15, 0.2) is 54.6 Å². The number of imidazole rings is 1. The summed E-state index contributed by atoms with van der Waals surface area (Å²) in [6.07, 6.45) is 0. The number of aromatic amines is 1. The fraction of sp³-hybridized carbons (Fsp3) is 0. The summed E-state index contributed by atoms with van der Waals surface area (Å²) >= 11 is 0. The lowest BCUT2D eigenvalue weighted by Crippen LogP contribution is -2.33. The normalized spacial score (nSPS) is 10.2. The topological polar surface area (TPSA) is 81.8 Å². The van der Waals surface area contributed by atoms with E-state index < -0.39 is 0 Å². The van der Waals surface area contributed by atoms with Crippen LogP contribution in [0.2, 0.25) is 0 Å². The number of H-pyrrole nitrogens is 1. The Morgan fingerprint density at radius 3 is 2.55 bits per heavy atom. The van der Waals surface area contributed by atoms with Crippen molar-refractivity contribution in [3.05, 3.63) is 54.6 Å². The van der Waals surface area contributed by atoms with Crippen molar-refractivity contribution in [1.82, 2.24) is 15.4 Å². The van der Waals surface area contributed by atoms with Gasteiger partial charge >= 0.3 is 6.03 Å². The maximum atomic E-state index is 11.7. The number of benzene rings is 2. The van der Waals surface area contributed by atoms with Crippen molar-refractivity contribution in [3.8, 4) is 0 Å². The van der Waals surface area contributed by atoms with E-state index in [0.717, 1.165) is 16.7 Å². The predicted molar refractivity (Wildman–Crippen MR) is 78.3 cm³/mol. The second kappa shape index (κ2) is 5.31. The Labute approximate surface area is 115 Å². The molecule has 0 fully saturated rings. The van der Waals surface area contributed by atoms with E-state index in [-0.39, 0.29) is 6.03 Å². The molecule has 0 bridgehead atoms. The molecule has 0 aliphatic heterocycles. The van der Waals surface area contributed by atoms with Crippen molar-refractivity contribution in [2.24, 2.45) is 0 Å². The lowest BCUT2D eigenvalue weighted by atomic mass is 10.3. The molecule has 0 radical (unpaired) electrons. The first-order valence-corrected chi connectivity index (χ1v) is 6.14. The number of nitrogens with one attached hydrogen (secondary N) is 4. The second-order valence-corrected chi connectivity index (χ2v) is 4.17. The number of para-hydroxylation sites is 3. The lowest BCUT2D eigenvalue weighted by Gasteiger charge is -2.07. The van der Waals surface area contributed by atoms with Crippen LogP contribution in [0.5, 0.6) is 0 Å². The van der Waals surface area contributed by atoms with Gasteiger partial charge in [-0.3, -0.25) is 5.43 Å². The zero-order chi connectivity index (χ0) is 13.8. The fourth-order valence-electron chi connectivity index (χ4n) is 1.81. The molecular formula is C14H13N5O. The molecule has 1 aromatic heterocycles. The van der Waals surface area contributed by atoms with Gasteiger partial charge in [-0.05, 0) is 24.3 Å². The molecule has 6 heteroatoms. The fourth-order valence-corrected chi connectivity index (χ4v) is 1.81. The van der Waals surface area contributed by atoms with Crippen molar-refractivity contribution in [2.45, 2.75) is 0 Å². The highest BCUT2D eigenvalue weighted by molar-refractivity contribution is 5.90. The molecule has 0 saturated carbocycles. The van der Waals surface area contributed by atoms with Crippen LogP contribution in [0, 0.1) is 0 Å². The molecule has 0 unspecified atom stereocenters. The van der Waals surface area contributed by atoms with Gasteiger partial charge in [-0.15, -0.1) is 0 Å². The van der Waals surface area contributed by atoms with Crippen LogP contribution >= 0.6 is 0 Å². The maximum absolute atomic E-state index is 11.7. The SMILES string of the molecule is O=C(NNc1nc2ccccc2[nH]1)Nc1ccccc1. The Balaban J connectivity index is 1.60. The molecule has 0 atom stereocenters. The summed E-state index contributed by atoms with van der Waals surface area (Å²) in [6, 6.07) is 16.5. The third kappa shape index (κ3) is 2.69. The molecule has 0 saturated heterocycles. The predicted octanol–water partition coefficient (Wildman–Crippen LogP) is 2.71. The second-order valence-electron chi connectivity index (χ2n) is 4.17. The number of nitrogens with zero attached hydrogens (tertiary/aromatic N) is 1. The minimum atomic E-state index is -0.364. The monoisotopic (exact) mass is 267 g/mol. The third-order valence-electron chi connectivity index (χ3n) is 2.72. The van der Waals surface area contributed by atoms with E-state index in [1.54, 1.807) is 12.1 Å². The number of carbonyl (C=O) groups excluding carboxylic acids is 1. The zero-order valence-electron chi connectivity index (χ0n) is 10.6. The Morgan fingerprint density at radius 2 is 1.75 bits per heavy atom. The summed E-state index contributed by atoms with van der Waals surface area (Å²) in [4.78, 5) is 19.0. The standard InChI is InChI=1S/C14H13N5O/c20-14(15-10-6-2-1-3-7-10)19-18-13-16-11-8-4-5-9-12(11)17-13/h1-9H,(H2,15,19,20)(H2,16,17,18). The van der Waals surface area contributed by atoms with Crippen molar-refractivity contribution in [3.63, 3.8) is 0 Å². The minimum Gasteiger partial charge on any atom is -0.323 e. The summed E-state index contributed by atoms with van der Waals surface area (Å²) in [5.74, 6) is 0.481. The Morgan fingerprint density at radius 1 is 1.00 bits per heavy atom. The van der Waals surface area contributed by atoms with Crippen molar-refractivity contribution in [2.75, 3.05) is 10.7 Å². The summed E-state index contributed by atoms with van der Waals surface area (Å²) in [5.41, 5.74) is 7.70. The summed E-state index contributed by atoms with van der Waals surface area (Å²) in [5, 5.41) is 2.69. The van der Waals surface area contributed by atoms with Gasteiger partial charge < -0.3 is 10.3 Å². The summed E-state index contributed by atoms with van der Waals surface area (Å²) < 4.78 is 0. The molecule has 4 N–H and O–H groups in total. The van der Waals surface area contributed by atoms with Crippen LogP contribution in [0.1, 0.15) is 0 Å². The lowest BCUT2D eigenvalue weighted by molar-refractivity contribution is 0.253. The summed E-state index contributed by atoms with van der Waals surface area (Å²) in [7, 11) is 0. The van der Waals surface area contributed by atoms with Gasteiger partial charge in [0, 0.05) is 5.69 Å². The molecule has 3 rings (SSSR count). The van der Waals surface area contributed by atoms with E-state index in [0.29, 0.717) is 5.95 Å². The molecule has 20 heavy (non-hydrogen) atoms. The van der Waals surface area contributed by atoms with Crippen molar-refractivity contribution in [1.29, 1.82) is 0 Å². The van der Waals surface area contributed by atoms with Gasteiger partial charge in [0.2, 0.25) is 5.95 Å². The van der Waals surface area contributed by atoms with Gasteiger partial charge in [0.1, 0.15) is 0 Å². The minimum absolute atomic E-state index is 0.364. The van der Waals surface area contributed by atoms with Crippen LogP contribution in [0.25, 0.3) is 11.0 Å². The highest BCUT2D eigenvalue weighted by atomic mass is 16.2. The first-order chi connectivity index (χ1) is 9.81. The number of rotatable bonds is 3. The quantitative estimate of drug-likeness (QED) is 0.551. The highest BCUT2D eigenvalue weighted by Gasteiger charge is 2.03. The molecule has 3 aromatic rings. The number of anilines is 2. The number of aromatic nitrogens is 2. The Kier molecular flexibility index (Phi) is 3.20. The number of hydrogen-bond donors (Lipinski definition) is 4. The number of urea groups is 1. The number of fused-ring (bicyclic) bond motifs is 1. The Hall–Kier alpha value is -3.02. The van der Waals surface area contributed by atoms with E-state index in [2.05, 4.69) is 26.1 Å². The average Bonchev–Trinajstić information content (AvgIpc) is 2.89. The molecule has 0 spiro atoms. The highest BCUT2D eigenvalue weighted by Crippen LogP contribution is 2.12. The van der Waals surface area contributed by atoms with Crippen LogP contribution in [0.3, 0.4) is 0 Å². The average molecular weight is 267 g/mol. The summed E-state index contributed by atoms with van der Waals surface area (Å²) in [6.45, 7) is 0. The molecule has 0 aliphatic rings. The van der Waals surface area contributed by atoms with Crippen LogP contribution in [-0.4, -0.2) is 16.0 Å². The van der Waals surface area contributed by atoms with Crippen LogP contribution in [0.4, 0.5) is 16.4 Å². The molecule has 100 valence electrons. The van der Waals surface area contributed by atoms with E-state index in [4.69, 9.17) is 0 Å². The van der Waals surface area contributed by atoms with Crippen molar-refractivity contribution < 1.29 is 4.79 Å².